The van der Waals surface area contributed by atoms with Crippen molar-refractivity contribution >= 4 is 6.03 Å². The first-order chi connectivity index (χ1) is 12.6. The number of benzene rings is 2. The Morgan fingerprint density at radius 3 is 2.58 bits per heavy atom. The predicted octanol–water partition coefficient (Wildman–Crippen LogP) is 4.04. The van der Waals surface area contributed by atoms with Gasteiger partial charge in [0, 0.05) is 13.1 Å². The first-order valence-electron chi connectivity index (χ1n) is 8.91. The number of nitrogens with zero attached hydrogens (tertiary/aromatic N) is 1. The summed E-state index contributed by atoms with van der Waals surface area (Å²) in [4.78, 5) is 14.5. The molecule has 2 amide bonds. The van der Waals surface area contributed by atoms with Gasteiger partial charge in [0.2, 0.25) is 0 Å². The molecule has 0 saturated heterocycles. The summed E-state index contributed by atoms with van der Waals surface area (Å²) >= 11 is 0. The van der Waals surface area contributed by atoms with E-state index in [9.17, 15) is 4.79 Å². The molecular weight excluding hydrogens is 328 g/mol. The van der Waals surface area contributed by atoms with Gasteiger partial charge in [-0.15, -0.1) is 0 Å². The highest BCUT2D eigenvalue weighted by atomic mass is 16.5. The molecule has 0 aliphatic rings. The molecule has 2 aromatic carbocycles. The van der Waals surface area contributed by atoms with Gasteiger partial charge < -0.3 is 19.7 Å². The number of rotatable bonds is 8. The van der Waals surface area contributed by atoms with Crippen molar-refractivity contribution in [3.8, 4) is 11.5 Å². The molecule has 0 radical (unpaired) electrons. The third-order valence-electron chi connectivity index (χ3n) is 4.51. The van der Waals surface area contributed by atoms with Crippen LogP contribution in [0.15, 0.2) is 48.5 Å². The Balaban J connectivity index is 1.97. The van der Waals surface area contributed by atoms with Crippen LogP contribution in [0.1, 0.15) is 31.0 Å². The van der Waals surface area contributed by atoms with Crippen molar-refractivity contribution in [2.75, 3.05) is 27.3 Å². The Morgan fingerprint density at radius 2 is 1.88 bits per heavy atom. The van der Waals surface area contributed by atoms with Gasteiger partial charge in [0.25, 0.3) is 0 Å². The highest BCUT2D eigenvalue weighted by molar-refractivity contribution is 5.74. The van der Waals surface area contributed by atoms with E-state index in [0.29, 0.717) is 13.1 Å². The number of carbonyl (C=O) groups is 1. The molecule has 0 heterocycles. The molecule has 0 aliphatic heterocycles. The standard InChI is InChI=1S/C21H28N2O3/c1-5-23(16(2)18-10-8-11-19(15-18)25-3)21(24)22-14-13-17-9-6-7-12-20(17)26-4/h6-12,15-16H,5,13-14H2,1-4H3,(H,22,24). The lowest BCUT2D eigenvalue weighted by atomic mass is 10.1. The zero-order valence-corrected chi connectivity index (χ0v) is 16.0. The lowest BCUT2D eigenvalue weighted by Gasteiger charge is -2.29. The zero-order chi connectivity index (χ0) is 18.9. The maximum atomic E-state index is 12.6. The summed E-state index contributed by atoms with van der Waals surface area (Å²) in [6.07, 6.45) is 0.723. The normalized spacial score (nSPS) is 11.5. The third-order valence-corrected chi connectivity index (χ3v) is 4.51. The molecule has 140 valence electrons. The Hall–Kier alpha value is -2.69. The number of urea groups is 1. The van der Waals surface area contributed by atoms with Gasteiger partial charge in [0.05, 0.1) is 20.3 Å². The minimum absolute atomic E-state index is 0.0404. The molecule has 5 heteroatoms. The molecule has 26 heavy (non-hydrogen) atoms. The Bertz CT molecular complexity index is 718. The minimum Gasteiger partial charge on any atom is -0.497 e. The van der Waals surface area contributed by atoms with Crippen LogP contribution in [0.4, 0.5) is 4.79 Å². The lowest BCUT2D eigenvalue weighted by Crippen LogP contribution is -2.42. The van der Waals surface area contributed by atoms with E-state index in [2.05, 4.69) is 5.32 Å². The van der Waals surface area contributed by atoms with Crippen LogP contribution < -0.4 is 14.8 Å². The summed E-state index contributed by atoms with van der Waals surface area (Å²) in [6.45, 7) is 5.19. The highest BCUT2D eigenvalue weighted by Gasteiger charge is 2.20. The number of hydrogen-bond donors (Lipinski definition) is 1. The van der Waals surface area contributed by atoms with Crippen molar-refractivity contribution in [2.24, 2.45) is 0 Å². The van der Waals surface area contributed by atoms with Crippen molar-refractivity contribution in [1.82, 2.24) is 10.2 Å². The Morgan fingerprint density at radius 1 is 1.12 bits per heavy atom. The van der Waals surface area contributed by atoms with Crippen molar-refractivity contribution in [2.45, 2.75) is 26.3 Å². The van der Waals surface area contributed by atoms with Gasteiger partial charge in [-0.1, -0.05) is 30.3 Å². The fourth-order valence-electron chi connectivity index (χ4n) is 2.99. The fraction of sp³-hybridized carbons (Fsp3) is 0.381. The molecule has 2 rings (SSSR count). The quantitative estimate of drug-likeness (QED) is 0.777. The summed E-state index contributed by atoms with van der Waals surface area (Å²) < 4.78 is 10.6. The van der Waals surface area contributed by atoms with Crippen LogP contribution >= 0.6 is 0 Å². The first kappa shape index (κ1) is 19.6. The van der Waals surface area contributed by atoms with Crippen molar-refractivity contribution in [1.29, 1.82) is 0 Å². The van der Waals surface area contributed by atoms with Crippen LogP contribution in [0.25, 0.3) is 0 Å². The molecule has 0 aliphatic carbocycles. The van der Waals surface area contributed by atoms with E-state index < -0.39 is 0 Å². The summed E-state index contributed by atoms with van der Waals surface area (Å²) in [5, 5.41) is 3.01. The molecule has 2 aromatic rings. The lowest BCUT2D eigenvalue weighted by molar-refractivity contribution is 0.183. The number of para-hydroxylation sites is 1. The van der Waals surface area contributed by atoms with E-state index in [1.807, 2.05) is 67.3 Å². The molecule has 1 N–H and O–H groups in total. The van der Waals surface area contributed by atoms with Crippen LogP contribution in [0.3, 0.4) is 0 Å². The number of carbonyl (C=O) groups excluding carboxylic acids is 1. The largest absolute Gasteiger partial charge is 0.497 e. The molecule has 1 atom stereocenters. The zero-order valence-electron chi connectivity index (χ0n) is 16.0. The number of amides is 2. The van der Waals surface area contributed by atoms with Crippen LogP contribution in [-0.2, 0) is 6.42 Å². The van der Waals surface area contributed by atoms with Gasteiger partial charge in [-0.2, -0.15) is 0 Å². The molecule has 5 nitrogen and oxygen atoms in total. The number of nitrogens with one attached hydrogen (secondary N) is 1. The van der Waals surface area contributed by atoms with Gasteiger partial charge in [0.15, 0.2) is 0 Å². The Kier molecular flexibility index (Phi) is 7.33. The number of hydrogen-bond acceptors (Lipinski definition) is 3. The third kappa shape index (κ3) is 4.91. The van der Waals surface area contributed by atoms with E-state index in [0.717, 1.165) is 29.0 Å². The predicted molar refractivity (Wildman–Crippen MR) is 104 cm³/mol. The molecule has 0 fully saturated rings. The van der Waals surface area contributed by atoms with Gasteiger partial charge in [-0.3, -0.25) is 0 Å². The number of methoxy groups -OCH3 is 2. The smallest absolute Gasteiger partial charge is 0.317 e. The van der Waals surface area contributed by atoms with Gasteiger partial charge in [0.1, 0.15) is 11.5 Å². The molecule has 0 saturated carbocycles. The second kappa shape index (κ2) is 9.70. The molecular formula is C21H28N2O3. The average molecular weight is 356 g/mol. The van der Waals surface area contributed by atoms with E-state index >= 15 is 0 Å². The summed E-state index contributed by atoms with van der Waals surface area (Å²) in [5.41, 5.74) is 2.13. The topological polar surface area (TPSA) is 50.8 Å². The van der Waals surface area contributed by atoms with Crippen LogP contribution in [-0.4, -0.2) is 38.2 Å². The van der Waals surface area contributed by atoms with Crippen molar-refractivity contribution in [3.05, 3.63) is 59.7 Å². The van der Waals surface area contributed by atoms with Crippen molar-refractivity contribution in [3.63, 3.8) is 0 Å². The highest BCUT2D eigenvalue weighted by Crippen LogP contribution is 2.24. The second-order valence-corrected chi connectivity index (χ2v) is 6.03. The number of ether oxygens (including phenoxy) is 2. The molecule has 1 unspecified atom stereocenters. The maximum Gasteiger partial charge on any atom is 0.317 e. The van der Waals surface area contributed by atoms with E-state index in [4.69, 9.17) is 9.47 Å². The average Bonchev–Trinajstić information content (AvgIpc) is 2.68. The van der Waals surface area contributed by atoms with Crippen LogP contribution in [0, 0.1) is 0 Å². The van der Waals surface area contributed by atoms with Crippen molar-refractivity contribution < 1.29 is 14.3 Å². The second-order valence-electron chi connectivity index (χ2n) is 6.03. The van der Waals surface area contributed by atoms with Crippen LogP contribution in [0.2, 0.25) is 0 Å². The molecule has 0 spiro atoms. The summed E-state index contributed by atoms with van der Waals surface area (Å²) in [6, 6.07) is 15.6. The van der Waals surface area contributed by atoms with E-state index in [1.165, 1.54) is 0 Å². The fourth-order valence-corrected chi connectivity index (χ4v) is 2.99. The summed E-state index contributed by atoms with van der Waals surface area (Å²) in [7, 11) is 3.30. The minimum atomic E-state index is -0.0716. The van der Waals surface area contributed by atoms with Gasteiger partial charge in [-0.05, 0) is 49.6 Å². The molecule has 0 bridgehead atoms. The SMILES string of the molecule is CCN(C(=O)NCCc1ccccc1OC)C(C)c1cccc(OC)c1. The van der Waals surface area contributed by atoms with Gasteiger partial charge in [-0.25, -0.2) is 4.79 Å². The molecule has 0 aromatic heterocycles. The maximum absolute atomic E-state index is 12.6. The monoisotopic (exact) mass is 356 g/mol. The van der Waals surface area contributed by atoms with Crippen LogP contribution in [0.5, 0.6) is 11.5 Å². The first-order valence-corrected chi connectivity index (χ1v) is 8.91. The van der Waals surface area contributed by atoms with E-state index in [1.54, 1.807) is 14.2 Å². The van der Waals surface area contributed by atoms with Gasteiger partial charge >= 0.3 is 6.03 Å². The Labute approximate surface area is 155 Å². The summed E-state index contributed by atoms with van der Waals surface area (Å²) in [5.74, 6) is 1.64. The van der Waals surface area contributed by atoms with E-state index in [-0.39, 0.29) is 12.1 Å².